The minimum absolute atomic E-state index is 0.0551. The molecule has 18 heavy (non-hydrogen) atoms. The van der Waals surface area contributed by atoms with Crippen LogP contribution in [0, 0.1) is 10.1 Å². The van der Waals surface area contributed by atoms with Gasteiger partial charge in [-0.15, -0.1) is 0 Å². The molecule has 0 saturated carbocycles. The molecule has 0 unspecified atom stereocenters. The molecule has 2 atom stereocenters. The van der Waals surface area contributed by atoms with Gasteiger partial charge in [-0.3, -0.25) is 10.1 Å². The Labute approximate surface area is 103 Å². The van der Waals surface area contributed by atoms with E-state index >= 15 is 0 Å². The van der Waals surface area contributed by atoms with E-state index in [1.807, 2.05) is 0 Å². The minimum atomic E-state index is -1.40. The number of para-hydroxylation sites is 1. The van der Waals surface area contributed by atoms with Gasteiger partial charge in [0.05, 0.1) is 4.92 Å². The molecule has 1 aromatic carbocycles. The van der Waals surface area contributed by atoms with Crippen molar-refractivity contribution in [2.24, 2.45) is 0 Å². The van der Waals surface area contributed by atoms with E-state index in [9.17, 15) is 20.0 Å². The fraction of sp³-hybridized carbons (Fsp3) is 0.417. The third-order valence-electron chi connectivity index (χ3n) is 3.41. The number of ether oxygens (including phenoxy) is 1. The number of rotatable bonds is 3. The van der Waals surface area contributed by atoms with Gasteiger partial charge in [0.15, 0.2) is 5.60 Å². The van der Waals surface area contributed by atoms with E-state index in [0.717, 1.165) is 0 Å². The van der Waals surface area contributed by atoms with E-state index in [0.29, 0.717) is 18.6 Å². The van der Waals surface area contributed by atoms with Gasteiger partial charge in [-0.2, -0.15) is 0 Å². The first kappa shape index (κ1) is 12.5. The second-order valence-electron chi connectivity index (χ2n) is 4.42. The monoisotopic (exact) mass is 251 g/mol. The average molecular weight is 251 g/mol. The van der Waals surface area contributed by atoms with Crippen LogP contribution in [0.5, 0.6) is 0 Å². The summed E-state index contributed by atoms with van der Waals surface area (Å²) < 4.78 is 5.28. The number of nitrogens with zero attached hydrogens (tertiary/aromatic N) is 1. The van der Waals surface area contributed by atoms with Gasteiger partial charge in [0.25, 0.3) is 5.69 Å². The van der Waals surface area contributed by atoms with Gasteiger partial charge in [0.2, 0.25) is 0 Å². The van der Waals surface area contributed by atoms with Crippen molar-refractivity contribution < 1.29 is 19.6 Å². The van der Waals surface area contributed by atoms with Gasteiger partial charge in [0.1, 0.15) is 0 Å². The molecule has 0 aromatic heterocycles. The molecule has 1 fully saturated rings. The summed E-state index contributed by atoms with van der Waals surface area (Å²) in [7, 11) is 0. The summed E-state index contributed by atoms with van der Waals surface area (Å²) in [5.41, 5.74) is -1.03. The quantitative estimate of drug-likeness (QED) is 0.655. The molecule has 0 radical (unpaired) electrons. The molecule has 0 spiro atoms. The molecule has 1 aromatic rings. The number of nitro benzene ring substituents is 1. The Hall–Kier alpha value is -1.95. The summed E-state index contributed by atoms with van der Waals surface area (Å²) in [5.74, 6) is -1.60. The number of nitro groups is 1. The molecule has 1 aliphatic rings. The number of carboxylic acids is 1. The number of hydrogen-bond donors (Lipinski definition) is 1. The molecule has 1 N–H and O–H groups in total. The van der Waals surface area contributed by atoms with Crippen molar-refractivity contribution in [1.29, 1.82) is 0 Å². The maximum Gasteiger partial charge on any atom is 0.336 e. The molecule has 2 rings (SSSR count). The SMILES string of the molecule is C[C@]1(C(=O)O)OCC[C@@H]1c1ccccc1[N+](=O)[O-]. The lowest BCUT2D eigenvalue weighted by molar-refractivity contribution is -0.385. The van der Waals surface area contributed by atoms with Crippen LogP contribution in [0.1, 0.15) is 24.8 Å². The summed E-state index contributed by atoms with van der Waals surface area (Å²) in [4.78, 5) is 21.8. The minimum Gasteiger partial charge on any atom is -0.479 e. The van der Waals surface area contributed by atoms with E-state index in [1.165, 1.54) is 13.0 Å². The van der Waals surface area contributed by atoms with Crippen molar-refractivity contribution in [1.82, 2.24) is 0 Å². The van der Waals surface area contributed by atoms with Crippen LogP contribution in [0.25, 0.3) is 0 Å². The molecule has 1 heterocycles. The summed E-state index contributed by atoms with van der Waals surface area (Å²) in [6.45, 7) is 1.75. The number of hydrogen-bond acceptors (Lipinski definition) is 4. The summed E-state index contributed by atoms with van der Waals surface area (Å²) >= 11 is 0. The maximum absolute atomic E-state index is 11.3. The first-order valence-electron chi connectivity index (χ1n) is 5.57. The van der Waals surface area contributed by atoms with Crippen LogP contribution < -0.4 is 0 Å². The van der Waals surface area contributed by atoms with Crippen LogP contribution in [-0.4, -0.2) is 28.2 Å². The second kappa shape index (κ2) is 4.38. The Morgan fingerprint density at radius 1 is 1.56 bits per heavy atom. The first-order chi connectivity index (χ1) is 8.47. The van der Waals surface area contributed by atoms with Crippen molar-refractivity contribution >= 4 is 11.7 Å². The van der Waals surface area contributed by atoms with Crippen LogP contribution in [0.15, 0.2) is 24.3 Å². The van der Waals surface area contributed by atoms with E-state index in [4.69, 9.17) is 4.74 Å². The number of carbonyl (C=O) groups is 1. The van der Waals surface area contributed by atoms with E-state index in [2.05, 4.69) is 0 Å². The second-order valence-corrected chi connectivity index (χ2v) is 4.42. The molecule has 0 amide bonds. The van der Waals surface area contributed by atoms with Crippen LogP contribution in [0.2, 0.25) is 0 Å². The third kappa shape index (κ3) is 1.84. The summed E-state index contributed by atoms with van der Waals surface area (Å²) in [6.07, 6.45) is 0.466. The predicted molar refractivity (Wildman–Crippen MR) is 62.4 cm³/mol. The summed E-state index contributed by atoms with van der Waals surface area (Å²) in [5, 5.41) is 20.2. The van der Waals surface area contributed by atoms with E-state index in [1.54, 1.807) is 18.2 Å². The van der Waals surface area contributed by atoms with E-state index in [-0.39, 0.29) is 5.69 Å². The van der Waals surface area contributed by atoms with Gasteiger partial charge >= 0.3 is 5.97 Å². The standard InChI is InChI=1S/C12H13NO5/c1-12(11(14)15)9(6-7-18-12)8-4-2-3-5-10(8)13(16)17/h2-5,9H,6-7H2,1H3,(H,14,15)/t9-,12+/m1/s1. The van der Waals surface area contributed by atoms with Gasteiger partial charge in [-0.05, 0) is 13.3 Å². The molecule has 6 heteroatoms. The Bertz CT molecular complexity index is 501. The van der Waals surface area contributed by atoms with Crippen molar-refractivity contribution in [3.05, 3.63) is 39.9 Å². The lowest BCUT2D eigenvalue weighted by atomic mass is 9.82. The Morgan fingerprint density at radius 3 is 2.83 bits per heavy atom. The Morgan fingerprint density at radius 2 is 2.22 bits per heavy atom. The molecule has 0 aliphatic carbocycles. The van der Waals surface area contributed by atoms with Gasteiger partial charge < -0.3 is 9.84 Å². The Balaban J connectivity index is 2.49. The largest absolute Gasteiger partial charge is 0.479 e. The topological polar surface area (TPSA) is 89.7 Å². The number of benzene rings is 1. The van der Waals surface area contributed by atoms with Crippen molar-refractivity contribution in [2.45, 2.75) is 24.9 Å². The Kier molecular flexibility index (Phi) is 3.04. The first-order valence-corrected chi connectivity index (χ1v) is 5.57. The van der Waals surface area contributed by atoms with Crippen LogP contribution >= 0.6 is 0 Å². The van der Waals surface area contributed by atoms with Gasteiger partial charge in [-0.25, -0.2) is 4.79 Å². The highest BCUT2D eigenvalue weighted by Gasteiger charge is 2.49. The van der Waals surface area contributed by atoms with Crippen LogP contribution in [-0.2, 0) is 9.53 Å². The number of aliphatic carboxylic acids is 1. The van der Waals surface area contributed by atoms with Crippen molar-refractivity contribution in [3.8, 4) is 0 Å². The fourth-order valence-corrected chi connectivity index (χ4v) is 2.38. The summed E-state index contributed by atoms with van der Waals surface area (Å²) in [6, 6.07) is 6.22. The lowest BCUT2D eigenvalue weighted by Gasteiger charge is -2.25. The predicted octanol–water partition coefficient (Wildman–Crippen LogP) is 1.94. The van der Waals surface area contributed by atoms with Gasteiger partial charge in [0, 0.05) is 24.2 Å². The third-order valence-corrected chi connectivity index (χ3v) is 3.41. The van der Waals surface area contributed by atoms with Crippen LogP contribution in [0.3, 0.4) is 0 Å². The zero-order chi connectivity index (χ0) is 13.3. The zero-order valence-electron chi connectivity index (χ0n) is 9.83. The van der Waals surface area contributed by atoms with Gasteiger partial charge in [-0.1, -0.05) is 18.2 Å². The zero-order valence-corrected chi connectivity index (χ0v) is 9.83. The number of carboxylic acid groups (broad SMARTS) is 1. The smallest absolute Gasteiger partial charge is 0.336 e. The molecule has 6 nitrogen and oxygen atoms in total. The van der Waals surface area contributed by atoms with Crippen LogP contribution in [0.4, 0.5) is 5.69 Å². The highest BCUT2D eigenvalue weighted by Crippen LogP contribution is 2.43. The molecule has 0 bridgehead atoms. The normalized spacial score (nSPS) is 27.1. The highest BCUT2D eigenvalue weighted by molar-refractivity contribution is 5.79. The fourth-order valence-electron chi connectivity index (χ4n) is 2.38. The lowest BCUT2D eigenvalue weighted by Crippen LogP contribution is -2.39. The van der Waals surface area contributed by atoms with E-state index < -0.39 is 22.4 Å². The van der Waals surface area contributed by atoms with Crippen molar-refractivity contribution in [2.75, 3.05) is 6.61 Å². The molecule has 1 saturated heterocycles. The van der Waals surface area contributed by atoms with Crippen molar-refractivity contribution in [3.63, 3.8) is 0 Å². The highest BCUT2D eigenvalue weighted by atomic mass is 16.6. The molecule has 96 valence electrons. The maximum atomic E-state index is 11.3. The average Bonchev–Trinajstić information content (AvgIpc) is 2.72. The molecule has 1 aliphatic heterocycles. The molecular weight excluding hydrogens is 238 g/mol. The molecular formula is C12H13NO5.